The third-order valence-electron chi connectivity index (χ3n) is 1.87. The van der Waals surface area contributed by atoms with Gasteiger partial charge in [0.2, 0.25) is 0 Å². The zero-order valence-electron chi connectivity index (χ0n) is 9.62. The van der Waals surface area contributed by atoms with Crippen molar-refractivity contribution in [1.29, 1.82) is 0 Å². The SMILES string of the molecule is O=S(=O)(O)c1cc(S(=O)(=O)O)c(S)c(S(=O)(=O)O)c1.[Na+]. The van der Waals surface area contributed by atoms with Crippen molar-refractivity contribution < 1.29 is 68.5 Å². The molecule has 0 radical (unpaired) electrons. The third-order valence-corrected chi connectivity index (χ3v) is 5.24. The molecule has 0 aliphatic heterocycles. The van der Waals surface area contributed by atoms with Crippen molar-refractivity contribution in [3.05, 3.63) is 12.1 Å². The van der Waals surface area contributed by atoms with E-state index in [0.717, 1.165) is 0 Å². The molecule has 0 fully saturated rings. The average molecular weight is 373 g/mol. The Balaban J connectivity index is 0.00000361. The van der Waals surface area contributed by atoms with Crippen LogP contribution in [0.3, 0.4) is 0 Å². The van der Waals surface area contributed by atoms with Gasteiger partial charge in [-0.2, -0.15) is 25.3 Å². The van der Waals surface area contributed by atoms with Crippen LogP contribution < -0.4 is 29.6 Å². The Bertz CT molecular complexity index is 783. The minimum atomic E-state index is -5.03. The van der Waals surface area contributed by atoms with E-state index in [-0.39, 0.29) is 29.6 Å². The molecule has 1 rings (SSSR count). The van der Waals surface area contributed by atoms with Gasteiger partial charge in [0.1, 0.15) is 9.79 Å². The van der Waals surface area contributed by atoms with Crippen LogP contribution in [0.5, 0.6) is 0 Å². The zero-order valence-corrected chi connectivity index (χ0v) is 15.0. The quantitative estimate of drug-likeness (QED) is 0.242. The summed E-state index contributed by atoms with van der Waals surface area (Å²) in [6.45, 7) is 0. The summed E-state index contributed by atoms with van der Waals surface area (Å²) in [5.74, 6) is 0. The van der Waals surface area contributed by atoms with Crippen LogP contribution in [0.2, 0.25) is 0 Å². The van der Waals surface area contributed by atoms with Crippen molar-refractivity contribution in [3.8, 4) is 0 Å². The van der Waals surface area contributed by atoms with Gasteiger partial charge in [0.05, 0.1) is 4.90 Å². The minimum absolute atomic E-state index is 0. The van der Waals surface area contributed by atoms with Gasteiger partial charge in [-0.05, 0) is 12.1 Å². The van der Waals surface area contributed by atoms with Crippen molar-refractivity contribution >= 4 is 43.0 Å². The van der Waals surface area contributed by atoms with E-state index in [1.807, 2.05) is 0 Å². The summed E-state index contributed by atoms with van der Waals surface area (Å²) in [5.41, 5.74) is 0. The van der Waals surface area contributed by atoms with E-state index in [2.05, 4.69) is 12.6 Å². The van der Waals surface area contributed by atoms with Crippen LogP contribution in [-0.2, 0) is 30.4 Å². The molecule has 0 aromatic heterocycles. The molecule has 0 atom stereocenters. The van der Waals surface area contributed by atoms with Crippen molar-refractivity contribution in [2.75, 3.05) is 0 Å². The Morgan fingerprint density at radius 3 is 1.25 bits per heavy atom. The summed E-state index contributed by atoms with van der Waals surface area (Å²) in [5, 5.41) is 0. The van der Waals surface area contributed by atoms with E-state index in [9.17, 15) is 25.3 Å². The van der Waals surface area contributed by atoms with Gasteiger partial charge in [-0.15, -0.1) is 12.6 Å². The van der Waals surface area contributed by atoms with Crippen LogP contribution in [0.15, 0.2) is 31.7 Å². The maximum Gasteiger partial charge on any atom is 1.00 e. The molecule has 108 valence electrons. The van der Waals surface area contributed by atoms with Gasteiger partial charge in [-0.25, -0.2) is 0 Å². The van der Waals surface area contributed by atoms with Crippen molar-refractivity contribution in [2.45, 2.75) is 19.6 Å². The van der Waals surface area contributed by atoms with Crippen LogP contribution >= 0.6 is 12.6 Å². The fraction of sp³-hybridized carbons (Fsp3) is 0. The molecular formula is C6H6NaO9S4+. The van der Waals surface area contributed by atoms with Crippen LogP contribution in [0.1, 0.15) is 0 Å². The fourth-order valence-electron chi connectivity index (χ4n) is 1.10. The molecule has 1 aromatic rings. The normalized spacial score (nSPS) is 12.8. The molecule has 0 unspecified atom stereocenters. The Hall–Kier alpha value is 0.300. The number of rotatable bonds is 3. The average Bonchev–Trinajstić information content (AvgIpc) is 2.11. The Labute approximate surface area is 142 Å². The number of hydrogen-bond acceptors (Lipinski definition) is 7. The Kier molecular flexibility index (Phi) is 6.29. The molecule has 0 saturated carbocycles. The molecule has 0 bridgehead atoms. The summed E-state index contributed by atoms with van der Waals surface area (Å²) in [6.07, 6.45) is 0. The van der Waals surface area contributed by atoms with Crippen molar-refractivity contribution in [3.63, 3.8) is 0 Å². The number of thiol groups is 1. The van der Waals surface area contributed by atoms with Gasteiger partial charge < -0.3 is 0 Å². The monoisotopic (exact) mass is 373 g/mol. The molecule has 0 spiro atoms. The van der Waals surface area contributed by atoms with Crippen LogP contribution in [0.4, 0.5) is 0 Å². The van der Waals surface area contributed by atoms with E-state index in [0.29, 0.717) is 12.1 Å². The first kappa shape index (κ1) is 20.3. The Morgan fingerprint density at radius 1 is 0.750 bits per heavy atom. The molecule has 3 N–H and O–H groups in total. The standard InChI is InChI=1S/C6H6O9S4.Na/c7-17(8,9)3-1-4(18(10,11)12)6(16)5(2-3)19(13,14)15;/h1-2,16H,(H,7,8,9)(H,10,11,12)(H,13,14,15);/q;+1. The summed E-state index contributed by atoms with van der Waals surface area (Å²) < 4.78 is 92.0. The van der Waals surface area contributed by atoms with Gasteiger partial charge in [-0.3, -0.25) is 13.7 Å². The van der Waals surface area contributed by atoms with Crippen molar-refractivity contribution in [1.82, 2.24) is 0 Å². The molecule has 0 saturated heterocycles. The number of hydrogen-bond donors (Lipinski definition) is 4. The van der Waals surface area contributed by atoms with E-state index >= 15 is 0 Å². The molecule has 1 aromatic carbocycles. The summed E-state index contributed by atoms with van der Waals surface area (Å²) in [6, 6.07) is 0.587. The molecule has 0 heterocycles. The maximum absolute atomic E-state index is 11.0. The van der Waals surface area contributed by atoms with Crippen LogP contribution in [0, 0.1) is 0 Å². The van der Waals surface area contributed by atoms with Crippen LogP contribution in [0.25, 0.3) is 0 Å². The van der Waals surface area contributed by atoms with E-state index < -0.39 is 49.9 Å². The molecule has 14 heteroatoms. The molecule has 0 amide bonds. The second kappa shape index (κ2) is 6.20. The first-order valence-electron chi connectivity index (χ1n) is 4.04. The van der Waals surface area contributed by atoms with Crippen molar-refractivity contribution in [2.24, 2.45) is 0 Å². The topological polar surface area (TPSA) is 163 Å². The first-order chi connectivity index (χ1) is 8.24. The summed E-state index contributed by atoms with van der Waals surface area (Å²) in [4.78, 5) is -4.43. The summed E-state index contributed by atoms with van der Waals surface area (Å²) in [7, 11) is -15.0. The van der Waals surface area contributed by atoms with Gasteiger partial charge in [0, 0.05) is 4.90 Å². The van der Waals surface area contributed by atoms with E-state index in [1.54, 1.807) is 0 Å². The predicted octanol–water partition coefficient (Wildman–Crippen LogP) is -3.28. The fourth-order valence-corrected chi connectivity index (χ4v) is 3.93. The molecule has 20 heavy (non-hydrogen) atoms. The van der Waals surface area contributed by atoms with Gasteiger partial charge in [-0.1, -0.05) is 0 Å². The molecule has 0 aliphatic rings. The smallest absolute Gasteiger partial charge is 0.282 e. The molecule has 0 aliphatic carbocycles. The van der Waals surface area contributed by atoms with Crippen LogP contribution in [-0.4, -0.2) is 38.9 Å². The Morgan fingerprint density at radius 2 is 1.05 bits per heavy atom. The number of benzene rings is 1. The van der Waals surface area contributed by atoms with E-state index in [4.69, 9.17) is 13.7 Å². The maximum atomic E-state index is 11.0. The zero-order chi connectivity index (χ0) is 15.2. The molecule has 9 nitrogen and oxygen atoms in total. The van der Waals surface area contributed by atoms with Gasteiger partial charge in [0.25, 0.3) is 30.4 Å². The largest absolute Gasteiger partial charge is 1.00 e. The molecular weight excluding hydrogens is 367 g/mol. The van der Waals surface area contributed by atoms with Gasteiger partial charge in [0.15, 0.2) is 0 Å². The predicted molar refractivity (Wildman–Crippen MR) is 63.1 cm³/mol. The van der Waals surface area contributed by atoms with E-state index in [1.165, 1.54) is 0 Å². The first-order valence-corrected chi connectivity index (χ1v) is 8.81. The second-order valence-electron chi connectivity index (χ2n) is 3.19. The van der Waals surface area contributed by atoms with Gasteiger partial charge >= 0.3 is 29.6 Å². The summed E-state index contributed by atoms with van der Waals surface area (Å²) >= 11 is 3.49. The third kappa shape index (κ3) is 4.66. The minimum Gasteiger partial charge on any atom is -0.282 e. The second-order valence-corrected chi connectivity index (χ2v) is 7.84.